The van der Waals surface area contributed by atoms with Gasteiger partial charge < -0.3 is 10.1 Å². The molecule has 0 saturated heterocycles. The fourth-order valence-electron chi connectivity index (χ4n) is 2.59. The van der Waals surface area contributed by atoms with Gasteiger partial charge in [0, 0.05) is 6.04 Å². The normalized spacial score (nSPS) is 23.3. The van der Waals surface area contributed by atoms with Crippen LogP contribution in [-0.2, 0) is 0 Å². The van der Waals surface area contributed by atoms with Gasteiger partial charge in [-0.25, -0.2) is 0 Å². The van der Waals surface area contributed by atoms with Crippen molar-refractivity contribution in [3.8, 4) is 5.75 Å². The van der Waals surface area contributed by atoms with Gasteiger partial charge in [0.1, 0.15) is 11.9 Å². The Labute approximate surface area is 111 Å². The van der Waals surface area contributed by atoms with E-state index in [1.54, 1.807) is 0 Å². The lowest BCUT2D eigenvalue weighted by Gasteiger charge is -2.22. The van der Waals surface area contributed by atoms with Crippen molar-refractivity contribution in [3.05, 3.63) is 29.3 Å². The molecule has 1 aromatic carbocycles. The summed E-state index contributed by atoms with van der Waals surface area (Å²) in [7, 11) is 0. The minimum atomic E-state index is 0.346. The van der Waals surface area contributed by atoms with Gasteiger partial charge in [0.25, 0.3) is 0 Å². The largest absolute Gasteiger partial charge is 0.489 e. The van der Waals surface area contributed by atoms with Gasteiger partial charge >= 0.3 is 0 Å². The maximum absolute atomic E-state index is 6.16. The second-order valence-corrected chi connectivity index (χ2v) is 5.39. The molecule has 0 spiro atoms. The summed E-state index contributed by atoms with van der Waals surface area (Å²) in [4.78, 5) is 0. The first-order valence-corrected chi connectivity index (χ1v) is 7.18. The molecule has 0 aliphatic heterocycles. The molecule has 2 atom stereocenters. The van der Waals surface area contributed by atoms with Crippen molar-refractivity contribution in [2.45, 2.75) is 58.6 Å². The first-order valence-electron chi connectivity index (χ1n) is 7.18. The zero-order valence-corrected chi connectivity index (χ0v) is 11.8. The van der Waals surface area contributed by atoms with Gasteiger partial charge in [0.05, 0.1) is 0 Å². The van der Waals surface area contributed by atoms with Crippen LogP contribution in [0.5, 0.6) is 5.75 Å². The van der Waals surface area contributed by atoms with Gasteiger partial charge in [-0.15, -0.1) is 0 Å². The number of nitrogens with one attached hydrogen (secondary N) is 1. The van der Waals surface area contributed by atoms with Gasteiger partial charge in [-0.3, -0.25) is 0 Å². The van der Waals surface area contributed by atoms with E-state index in [-0.39, 0.29) is 0 Å². The molecule has 1 saturated carbocycles. The summed E-state index contributed by atoms with van der Waals surface area (Å²) in [6.07, 6.45) is 5.23. The summed E-state index contributed by atoms with van der Waals surface area (Å²) in [6.45, 7) is 7.59. The fourth-order valence-corrected chi connectivity index (χ4v) is 2.59. The molecule has 18 heavy (non-hydrogen) atoms. The van der Waals surface area contributed by atoms with Crippen molar-refractivity contribution in [2.75, 3.05) is 6.54 Å². The first-order chi connectivity index (χ1) is 8.70. The molecule has 1 aromatic rings. The molecule has 2 rings (SSSR count). The summed E-state index contributed by atoms with van der Waals surface area (Å²) in [6, 6.07) is 6.93. The van der Waals surface area contributed by atoms with Gasteiger partial charge in [-0.1, -0.05) is 13.0 Å². The van der Waals surface area contributed by atoms with Crippen LogP contribution in [0.25, 0.3) is 0 Å². The smallest absolute Gasteiger partial charge is 0.120 e. The lowest BCUT2D eigenvalue weighted by Crippen LogP contribution is -2.39. The van der Waals surface area contributed by atoms with Crippen LogP contribution in [0.2, 0.25) is 0 Å². The maximum atomic E-state index is 6.16. The molecule has 0 aromatic heterocycles. The molecule has 1 N–H and O–H groups in total. The van der Waals surface area contributed by atoms with Crippen molar-refractivity contribution >= 4 is 0 Å². The van der Waals surface area contributed by atoms with Gasteiger partial charge in [-0.05, 0) is 69.3 Å². The van der Waals surface area contributed by atoms with Crippen LogP contribution in [0.3, 0.4) is 0 Å². The maximum Gasteiger partial charge on any atom is 0.120 e. The average Bonchev–Trinajstić information content (AvgIpc) is 2.79. The van der Waals surface area contributed by atoms with Crippen LogP contribution >= 0.6 is 0 Å². The van der Waals surface area contributed by atoms with Crippen molar-refractivity contribution < 1.29 is 4.74 Å². The standard InChI is InChI=1S/C16H25NO/c1-4-10-17-15-6-5-7-16(15)18-14-9-8-12(2)13(3)11-14/h8-9,11,15-17H,4-7,10H2,1-3H3. The SMILES string of the molecule is CCCNC1CCCC1Oc1ccc(C)c(C)c1. The van der Waals surface area contributed by atoms with Crippen molar-refractivity contribution in [2.24, 2.45) is 0 Å². The Balaban J connectivity index is 1.96. The molecule has 100 valence electrons. The van der Waals surface area contributed by atoms with Gasteiger partial charge in [0.2, 0.25) is 0 Å². The highest BCUT2D eigenvalue weighted by molar-refractivity contribution is 5.34. The molecule has 2 unspecified atom stereocenters. The summed E-state index contributed by atoms with van der Waals surface area (Å²) in [5.41, 5.74) is 2.64. The molecule has 0 radical (unpaired) electrons. The van der Waals surface area contributed by atoms with E-state index in [1.807, 2.05) is 0 Å². The topological polar surface area (TPSA) is 21.3 Å². The van der Waals surface area contributed by atoms with E-state index in [0.29, 0.717) is 12.1 Å². The van der Waals surface area contributed by atoms with E-state index in [1.165, 1.54) is 36.8 Å². The van der Waals surface area contributed by atoms with Gasteiger partial charge in [-0.2, -0.15) is 0 Å². The first kappa shape index (κ1) is 13.4. The van der Waals surface area contributed by atoms with Crippen molar-refractivity contribution in [1.82, 2.24) is 5.32 Å². The molecule has 2 nitrogen and oxygen atoms in total. The minimum Gasteiger partial charge on any atom is -0.489 e. The molecular weight excluding hydrogens is 222 g/mol. The summed E-state index contributed by atoms with van der Waals surface area (Å²) < 4.78 is 6.16. The molecule has 0 bridgehead atoms. The summed E-state index contributed by atoms with van der Waals surface area (Å²) >= 11 is 0. The zero-order chi connectivity index (χ0) is 13.0. The quantitative estimate of drug-likeness (QED) is 0.858. The summed E-state index contributed by atoms with van der Waals surface area (Å²) in [5, 5.41) is 3.60. The highest BCUT2D eigenvalue weighted by Crippen LogP contribution is 2.26. The van der Waals surface area contributed by atoms with Crippen LogP contribution in [0.1, 0.15) is 43.7 Å². The number of aryl methyl sites for hydroxylation is 2. The van der Waals surface area contributed by atoms with E-state index < -0.39 is 0 Å². The monoisotopic (exact) mass is 247 g/mol. The molecule has 0 amide bonds. The van der Waals surface area contributed by atoms with Crippen LogP contribution < -0.4 is 10.1 Å². The highest BCUT2D eigenvalue weighted by Gasteiger charge is 2.28. The predicted octanol–water partition coefficient (Wildman–Crippen LogP) is 3.60. The Bertz CT molecular complexity index is 389. The Kier molecular flexibility index (Phi) is 4.65. The molecule has 2 heteroatoms. The number of hydrogen-bond acceptors (Lipinski definition) is 2. The third kappa shape index (κ3) is 3.26. The van der Waals surface area contributed by atoms with Crippen molar-refractivity contribution in [1.29, 1.82) is 0 Å². The minimum absolute atomic E-state index is 0.346. The summed E-state index contributed by atoms with van der Waals surface area (Å²) in [5.74, 6) is 1.02. The second-order valence-electron chi connectivity index (χ2n) is 5.39. The van der Waals surface area contributed by atoms with E-state index in [9.17, 15) is 0 Å². The Morgan fingerprint density at radius 2 is 2.06 bits per heavy atom. The Morgan fingerprint density at radius 1 is 1.22 bits per heavy atom. The third-order valence-electron chi connectivity index (χ3n) is 3.87. The fraction of sp³-hybridized carbons (Fsp3) is 0.625. The van der Waals surface area contributed by atoms with Crippen LogP contribution in [0.4, 0.5) is 0 Å². The van der Waals surface area contributed by atoms with Crippen molar-refractivity contribution in [3.63, 3.8) is 0 Å². The van der Waals surface area contributed by atoms with E-state index in [4.69, 9.17) is 4.74 Å². The predicted molar refractivity (Wildman–Crippen MR) is 76.3 cm³/mol. The molecule has 1 aliphatic rings. The van der Waals surface area contributed by atoms with E-state index in [0.717, 1.165) is 12.3 Å². The lowest BCUT2D eigenvalue weighted by molar-refractivity contribution is 0.175. The average molecular weight is 247 g/mol. The zero-order valence-electron chi connectivity index (χ0n) is 11.8. The number of hydrogen-bond donors (Lipinski definition) is 1. The third-order valence-corrected chi connectivity index (χ3v) is 3.87. The number of ether oxygens (including phenoxy) is 1. The van der Waals surface area contributed by atoms with Gasteiger partial charge in [0.15, 0.2) is 0 Å². The van der Waals surface area contributed by atoms with E-state index >= 15 is 0 Å². The highest BCUT2D eigenvalue weighted by atomic mass is 16.5. The van der Waals surface area contributed by atoms with E-state index in [2.05, 4.69) is 44.3 Å². The lowest BCUT2D eigenvalue weighted by atomic mass is 10.1. The number of rotatable bonds is 5. The van der Waals surface area contributed by atoms with Crippen LogP contribution in [-0.4, -0.2) is 18.7 Å². The molecule has 1 fully saturated rings. The molecule has 1 aliphatic carbocycles. The van der Waals surface area contributed by atoms with Crippen LogP contribution in [0, 0.1) is 13.8 Å². The van der Waals surface area contributed by atoms with Crippen LogP contribution in [0.15, 0.2) is 18.2 Å². The Hall–Kier alpha value is -1.02. The number of benzene rings is 1. The second kappa shape index (κ2) is 6.24. The molecular formula is C16H25NO. The Morgan fingerprint density at radius 3 is 2.78 bits per heavy atom. The molecule has 0 heterocycles.